The summed E-state index contributed by atoms with van der Waals surface area (Å²) in [6.45, 7) is 3.44. The molecular formula is C22H29Cl2F5N6O2S2. The Bertz CT molecular complexity index is 1250. The van der Waals surface area contributed by atoms with E-state index in [1.54, 1.807) is 19.4 Å². The van der Waals surface area contributed by atoms with E-state index in [4.69, 9.17) is 38.8 Å². The summed E-state index contributed by atoms with van der Waals surface area (Å²) in [4.78, 5) is 7.12. The van der Waals surface area contributed by atoms with Crippen LogP contribution in [0.25, 0.3) is 0 Å². The van der Waals surface area contributed by atoms with Crippen LogP contribution in [0.2, 0.25) is 0 Å². The van der Waals surface area contributed by atoms with Gasteiger partial charge in [-0.3, -0.25) is 14.7 Å². The number of aliphatic hydroxyl groups excluding tert-OH is 1. The molecular weight excluding hydrogens is 610 g/mol. The zero-order valence-corrected chi connectivity index (χ0v) is 23.8. The number of halogens is 7. The number of alkyl halides is 6. The molecule has 17 heteroatoms. The molecule has 4 atom stereocenters. The molecule has 2 heterocycles. The van der Waals surface area contributed by atoms with Crippen LogP contribution in [0.3, 0.4) is 0 Å². The Morgan fingerprint density at radius 1 is 0.974 bits per heavy atom. The fourth-order valence-electron chi connectivity index (χ4n) is 2.38. The molecule has 2 aromatic rings. The van der Waals surface area contributed by atoms with Gasteiger partial charge in [0, 0.05) is 31.0 Å². The van der Waals surface area contributed by atoms with Crippen molar-refractivity contribution >= 4 is 43.6 Å². The van der Waals surface area contributed by atoms with Crippen LogP contribution in [0.15, 0.2) is 45.4 Å². The molecule has 0 bridgehead atoms. The van der Waals surface area contributed by atoms with E-state index in [1.165, 1.54) is 36.8 Å². The first-order valence-electron chi connectivity index (χ1n) is 9.89. The summed E-state index contributed by atoms with van der Waals surface area (Å²) in [6, 6.07) is 5.11. The second kappa shape index (κ2) is 18.0. The molecule has 0 aliphatic heterocycles. The molecule has 220 valence electrons. The summed E-state index contributed by atoms with van der Waals surface area (Å²) >= 11 is 9.66. The first-order valence-corrected chi connectivity index (χ1v) is 14.3. The largest absolute Gasteiger partial charge is 0.400 e. The lowest BCUT2D eigenvalue weighted by atomic mass is 10.2. The third-order valence-electron chi connectivity index (χ3n) is 4.67. The fraction of sp³-hybridized carbons (Fsp3) is 0.455. The Kier molecular flexibility index (Phi) is 19.0. The molecule has 0 amide bonds. The summed E-state index contributed by atoms with van der Waals surface area (Å²) in [5, 5.41) is 16.2. The molecule has 0 saturated carbocycles. The number of hydrogen-bond donors (Lipinski definition) is 1. The Balaban J connectivity index is -0.000000596. The standard InChI is InChI=1S/C10H10ClF2N3OS.C10H10ClF2N3S.CH4O.CH4.FH/c1-7(18(2,17)16-6-14)8-3-4-9(15-5-8)10(11,12)13;1-7(17(2)16-6-14)8-3-4-9(15-5-8)10(11,12)13;1-2;;/h3-5,7H,1-2H3;3-5,7H,1-2H3;2H,1H3;1H4;1H. The van der Waals surface area contributed by atoms with Crippen molar-refractivity contribution in [1.29, 1.82) is 10.5 Å². The van der Waals surface area contributed by atoms with Crippen molar-refractivity contribution in [2.75, 3.05) is 19.6 Å². The van der Waals surface area contributed by atoms with Crippen molar-refractivity contribution in [2.45, 2.75) is 42.5 Å². The quantitative estimate of drug-likeness (QED) is 0.211. The lowest BCUT2D eigenvalue weighted by Crippen LogP contribution is -2.10. The van der Waals surface area contributed by atoms with Crippen LogP contribution >= 0.6 is 23.2 Å². The van der Waals surface area contributed by atoms with Crippen LogP contribution in [0.5, 0.6) is 0 Å². The normalized spacial score (nSPS) is 14.4. The van der Waals surface area contributed by atoms with Gasteiger partial charge in [0.2, 0.25) is 12.4 Å². The minimum absolute atomic E-state index is 0. The predicted molar refractivity (Wildman–Crippen MR) is 146 cm³/mol. The first kappa shape index (κ1) is 41.1. The highest BCUT2D eigenvalue weighted by molar-refractivity contribution is 7.93. The Labute approximate surface area is 237 Å². The SMILES string of the molecule is C.CC(c1ccc(C(F)(F)Cl)nc1)S(C)(=O)=NC#N.CC(c1ccc(C(F)(F)Cl)nc1)S(C)=NC#N.CO.F. The van der Waals surface area contributed by atoms with E-state index in [-0.39, 0.29) is 17.4 Å². The van der Waals surface area contributed by atoms with E-state index in [0.717, 1.165) is 24.9 Å². The maximum Gasteiger partial charge on any atom is 0.364 e. The van der Waals surface area contributed by atoms with E-state index >= 15 is 0 Å². The average molecular weight is 640 g/mol. The molecule has 2 rings (SSSR count). The minimum atomic E-state index is -3.54. The molecule has 0 saturated heterocycles. The van der Waals surface area contributed by atoms with Gasteiger partial charge in [-0.05, 0) is 66.6 Å². The van der Waals surface area contributed by atoms with Crippen LogP contribution in [0.4, 0.5) is 22.3 Å². The molecule has 0 radical (unpaired) electrons. The lowest BCUT2D eigenvalue weighted by molar-refractivity contribution is 0.0894. The summed E-state index contributed by atoms with van der Waals surface area (Å²) in [5.41, 5.74) is 0.133. The van der Waals surface area contributed by atoms with Gasteiger partial charge in [-0.15, -0.1) is 4.36 Å². The zero-order chi connectivity index (χ0) is 29.0. The van der Waals surface area contributed by atoms with Crippen LogP contribution < -0.4 is 0 Å². The monoisotopic (exact) mass is 638 g/mol. The zero-order valence-electron chi connectivity index (χ0n) is 20.7. The number of aromatic nitrogens is 2. The number of nitriles is 2. The third kappa shape index (κ3) is 13.5. The predicted octanol–water partition coefficient (Wildman–Crippen LogP) is 6.75. The molecule has 0 aliphatic rings. The molecule has 0 aromatic carbocycles. The molecule has 1 N–H and O–H groups in total. The molecule has 2 aromatic heterocycles. The highest BCUT2D eigenvalue weighted by atomic mass is 35.5. The maximum absolute atomic E-state index is 12.7. The first-order chi connectivity index (χ1) is 17.0. The van der Waals surface area contributed by atoms with Crippen LogP contribution in [-0.4, -0.2) is 38.9 Å². The second-order valence-electron chi connectivity index (χ2n) is 7.00. The molecule has 39 heavy (non-hydrogen) atoms. The smallest absolute Gasteiger partial charge is 0.364 e. The summed E-state index contributed by atoms with van der Waals surface area (Å²) in [7, 11) is -2.25. The van der Waals surface area contributed by atoms with Gasteiger partial charge in [0.15, 0.2) is 0 Å². The van der Waals surface area contributed by atoms with E-state index < -0.39 is 47.8 Å². The second-order valence-corrected chi connectivity index (χ2v) is 12.5. The highest BCUT2D eigenvalue weighted by Gasteiger charge is 2.30. The van der Waals surface area contributed by atoms with Crippen molar-refractivity contribution < 1.29 is 31.6 Å². The fourth-order valence-corrected chi connectivity index (χ4v) is 4.39. The lowest BCUT2D eigenvalue weighted by Gasteiger charge is -2.13. The van der Waals surface area contributed by atoms with Gasteiger partial charge >= 0.3 is 10.8 Å². The molecule has 0 spiro atoms. The van der Waals surface area contributed by atoms with Crippen LogP contribution in [0, 0.1) is 22.9 Å². The van der Waals surface area contributed by atoms with E-state index in [2.05, 4.69) is 18.7 Å². The Hall–Kier alpha value is -2.43. The van der Waals surface area contributed by atoms with Crippen molar-refractivity contribution in [3.63, 3.8) is 0 Å². The van der Waals surface area contributed by atoms with Gasteiger partial charge in [-0.25, -0.2) is 4.21 Å². The topological polar surface area (TPSA) is 135 Å². The van der Waals surface area contributed by atoms with Gasteiger partial charge < -0.3 is 5.11 Å². The van der Waals surface area contributed by atoms with Gasteiger partial charge in [0.1, 0.15) is 11.4 Å². The van der Waals surface area contributed by atoms with Crippen LogP contribution in [-0.2, 0) is 31.2 Å². The summed E-state index contributed by atoms with van der Waals surface area (Å²) < 4.78 is 69.9. The van der Waals surface area contributed by atoms with Crippen LogP contribution in [0.1, 0.15) is 54.3 Å². The van der Waals surface area contributed by atoms with Crippen molar-refractivity contribution in [3.8, 4) is 12.4 Å². The van der Waals surface area contributed by atoms with Gasteiger partial charge in [-0.1, -0.05) is 30.3 Å². The Morgan fingerprint density at radius 2 is 1.38 bits per heavy atom. The summed E-state index contributed by atoms with van der Waals surface area (Å²) in [5.74, 6) is 0. The number of rotatable bonds is 6. The molecule has 0 fully saturated rings. The molecule has 8 nitrogen and oxygen atoms in total. The number of hydrogen-bond acceptors (Lipinski definition) is 8. The number of aliphatic hydroxyl groups is 1. The number of pyridine rings is 2. The van der Waals surface area contributed by atoms with Gasteiger partial charge in [0.25, 0.3) is 0 Å². The Morgan fingerprint density at radius 3 is 1.69 bits per heavy atom. The molecule has 4 unspecified atom stereocenters. The highest BCUT2D eigenvalue weighted by Crippen LogP contribution is 2.32. The minimum Gasteiger partial charge on any atom is -0.400 e. The number of nitrogens with zero attached hydrogens (tertiary/aromatic N) is 6. The van der Waals surface area contributed by atoms with Crippen molar-refractivity contribution in [1.82, 2.24) is 9.97 Å². The maximum atomic E-state index is 12.7. The van der Waals surface area contributed by atoms with Crippen molar-refractivity contribution in [3.05, 3.63) is 59.2 Å². The average Bonchev–Trinajstić information content (AvgIpc) is 2.84. The van der Waals surface area contributed by atoms with E-state index in [1.807, 2.05) is 6.92 Å². The van der Waals surface area contributed by atoms with E-state index in [9.17, 15) is 21.8 Å². The van der Waals surface area contributed by atoms with Gasteiger partial charge in [0.05, 0.1) is 15.0 Å². The summed E-state index contributed by atoms with van der Waals surface area (Å²) in [6.07, 6.45) is 8.84. The van der Waals surface area contributed by atoms with Gasteiger partial charge in [-0.2, -0.15) is 32.4 Å². The molecule has 0 aliphatic carbocycles. The third-order valence-corrected chi connectivity index (χ3v) is 8.75. The van der Waals surface area contributed by atoms with Crippen molar-refractivity contribution in [2.24, 2.45) is 8.73 Å². The van der Waals surface area contributed by atoms with E-state index in [0.29, 0.717) is 5.56 Å².